The minimum absolute atomic E-state index is 0.0225. The summed E-state index contributed by atoms with van der Waals surface area (Å²) in [5.74, 6) is -4.03. The Balaban J connectivity index is 1.94. The van der Waals surface area contributed by atoms with E-state index >= 15 is 0 Å². The number of amides is 2. The van der Waals surface area contributed by atoms with E-state index in [1.54, 1.807) is 6.92 Å². The molecule has 3 rings (SSSR count). The van der Waals surface area contributed by atoms with Gasteiger partial charge in [-0.3, -0.25) is 9.59 Å². The Kier molecular flexibility index (Phi) is 3.97. The zero-order valence-electron chi connectivity index (χ0n) is 12.7. The fourth-order valence-corrected chi connectivity index (χ4v) is 2.63. The predicted octanol–water partition coefficient (Wildman–Crippen LogP) is 1.51. The standard InChI is InChI=1S/C15H11F3N2O5/c1-2-24-14(23)10-9-11(25-19-10)13(22)20(12(9)21)8-5-3-4-7(6-8)15(16,17)18/h3-6,9,11H,2H2,1H3. The average Bonchev–Trinajstić information content (AvgIpc) is 3.08. The second-order valence-corrected chi connectivity index (χ2v) is 5.26. The van der Waals surface area contributed by atoms with Gasteiger partial charge in [0, 0.05) is 0 Å². The van der Waals surface area contributed by atoms with Gasteiger partial charge < -0.3 is 9.57 Å². The summed E-state index contributed by atoms with van der Waals surface area (Å²) >= 11 is 0. The molecule has 0 aromatic heterocycles. The molecule has 1 fully saturated rings. The van der Waals surface area contributed by atoms with Gasteiger partial charge >= 0.3 is 12.1 Å². The smallest absolute Gasteiger partial charge is 0.416 e. The number of ether oxygens (including phenoxy) is 1. The molecule has 0 aliphatic carbocycles. The highest BCUT2D eigenvalue weighted by Gasteiger charge is 2.58. The van der Waals surface area contributed by atoms with Gasteiger partial charge in [0.05, 0.1) is 17.9 Å². The quantitative estimate of drug-likeness (QED) is 0.605. The Morgan fingerprint density at radius 2 is 2.04 bits per heavy atom. The maximum atomic E-state index is 12.8. The highest BCUT2D eigenvalue weighted by molar-refractivity contribution is 6.46. The van der Waals surface area contributed by atoms with Gasteiger partial charge in [-0.2, -0.15) is 13.2 Å². The van der Waals surface area contributed by atoms with Crippen molar-refractivity contribution in [2.75, 3.05) is 11.5 Å². The number of anilines is 1. The second kappa shape index (κ2) is 5.87. The summed E-state index contributed by atoms with van der Waals surface area (Å²) in [6, 6.07) is 3.76. The van der Waals surface area contributed by atoms with Crippen molar-refractivity contribution in [2.45, 2.75) is 19.2 Å². The van der Waals surface area contributed by atoms with Crippen LogP contribution in [0.5, 0.6) is 0 Å². The van der Waals surface area contributed by atoms with Crippen LogP contribution in [0.15, 0.2) is 29.4 Å². The number of imide groups is 1. The Bertz CT molecular complexity index is 790. The first-order valence-corrected chi connectivity index (χ1v) is 7.21. The second-order valence-electron chi connectivity index (χ2n) is 5.26. The summed E-state index contributed by atoms with van der Waals surface area (Å²) in [4.78, 5) is 42.1. The lowest BCUT2D eigenvalue weighted by Crippen LogP contribution is -2.35. The minimum Gasteiger partial charge on any atom is -0.461 e. The SMILES string of the molecule is CCOC(=O)C1=NOC2C(=O)N(c3cccc(C(F)(F)F)c3)C(=O)C12. The highest BCUT2D eigenvalue weighted by atomic mass is 19.4. The van der Waals surface area contributed by atoms with Crippen molar-refractivity contribution in [3.63, 3.8) is 0 Å². The van der Waals surface area contributed by atoms with Gasteiger partial charge in [0.2, 0.25) is 12.0 Å². The number of fused-ring (bicyclic) bond motifs is 1. The Labute approximate surface area is 139 Å². The summed E-state index contributed by atoms with van der Waals surface area (Å²) < 4.78 is 43.3. The van der Waals surface area contributed by atoms with Crippen molar-refractivity contribution in [3.05, 3.63) is 29.8 Å². The summed E-state index contributed by atoms with van der Waals surface area (Å²) in [7, 11) is 0. The summed E-state index contributed by atoms with van der Waals surface area (Å²) in [6.45, 7) is 1.57. The molecule has 2 unspecified atom stereocenters. The lowest BCUT2D eigenvalue weighted by atomic mass is 10.00. The molecule has 2 heterocycles. The molecule has 2 atom stereocenters. The molecular formula is C15H11F3N2O5. The molecule has 0 spiro atoms. The number of esters is 1. The van der Waals surface area contributed by atoms with Crippen LogP contribution in [0.2, 0.25) is 0 Å². The van der Waals surface area contributed by atoms with E-state index in [0.29, 0.717) is 11.0 Å². The van der Waals surface area contributed by atoms with Gasteiger partial charge in [0.15, 0.2) is 5.71 Å². The largest absolute Gasteiger partial charge is 0.461 e. The molecule has 0 saturated carbocycles. The number of oxime groups is 1. The van der Waals surface area contributed by atoms with Crippen molar-refractivity contribution in [3.8, 4) is 0 Å². The molecule has 1 aromatic carbocycles. The van der Waals surface area contributed by atoms with Crippen LogP contribution in [-0.2, 0) is 30.1 Å². The lowest BCUT2D eigenvalue weighted by Gasteiger charge is -2.17. The molecule has 1 aromatic rings. The number of alkyl halides is 3. The zero-order chi connectivity index (χ0) is 18.4. The molecule has 25 heavy (non-hydrogen) atoms. The lowest BCUT2D eigenvalue weighted by molar-refractivity contribution is -0.138. The van der Waals surface area contributed by atoms with Gasteiger partial charge in [0.1, 0.15) is 5.92 Å². The first-order valence-electron chi connectivity index (χ1n) is 7.21. The van der Waals surface area contributed by atoms with E-state index < -0.39 is 41.5 Å². The number of nitrogens with zero attached hydrogens (tertiary/aromatic N) is 2. The van der Waals surface area contributed by atoms with E-state index in [1.165, 1.54) is 6.07 Å². The molecule has 2 aliphatic rings. The first kappa shape index (κ1) is 16.9. The maximum absolute atomic E-state index is 12.8. The topological polar surface area (TPSA) is 85.3 Å². The molecule has 0 radical (unpaired) electrons. The number of halogens is 3. The van der Waals surface area contributed by atoms with Crippen molar-refractivity contribution >= 4 is 29.2 Å². The first-order chi connectivity index (χ1) is 11.8. The third kappa shape index (κ3) is 2.73. The number of hydrogen-bond donors (Lipinski definition) is 0. The van der Waals surface area contributed by atoms with Gasteiger partial charge in [-0.05, 0) is 25.1 Å². The third-order valence-electron chi connectivity index (χ3n) is 3.73. The Morgan fingerprint density at radius 1 is 1.32 bits per heavy atom. The van der Waals surface area contributed by atoms with Crippen LogP contribution in [0.1, 0.15) is 12.5 Å². The molecule has 2 amide bonds. The number of hydrogen-bond acceptors (Lipinski definition) is 6. The van der Waals surface area contributed by atoms with Crippen molar-refractivity contribution in [1.82, 2.24) is 0 Å². The van der Waals surface area contributed by atoms with Crippen LogP contribution in [0.4, 0.5) is 18.9 Å². The zero-order valence-corrected chi connectivity index (χ0v) is 12.7. The number of carbonyl (C=O) groups excluding carboxylic acids is 3. The molecule has 0 N–H and O–H groups in total. The van der Waals surface area contributed by atoms with Crippen molar-refractivity contribution in [1.29, 1.82) is 0 Å². The fraction of sp³-hybridized carbons (Fsp3) is 0.333. The highest BCUT2D eigenvalue weighted by Crippen LogP contribution is 2.36. The van der Waals surface area contributed by atoms with Gasteiger partial charge in [-0.1, -0.05) is 11.2 Å². The van der Waals surface area contributed by atoms with Gasteiger partial charge in [-0.25, -0.2) is 9.69 Å². The summed E-state index contributed by atoms with van der Waals surface area (Å²) in [5, 5.41) is 3.42. The third-order valence-corrected chi connectivity index (χ3v) is 3.73. The maximum Gasteiger partial charge on any atom is 0.416 e. The fourth-order valence-electron chi connectivity index (χ4n) is 2.63. The molecule has 132 valence electrons. The van der Waals surface area contributed by atoms with E-state index in [2.05, 4.69) is 5.16 Å². The van der Waals surface area contributed by atoms with Gasteiger partial charge in [-0.15, -0.1) is 0 Å². The normalized spacial score (nSPS) is 22.6. The van der Waals surface area contributed by atoms with E-state index in [4.69, 9.17) is 9.57 Å². The minimum atomic E-state index is -4.63. The molecule has 2 aliphatic heterocycles. The monoisotopic (exact) mass is 356 g/mol. The van der Waals surface area contributed by atoms with E-state index in [-0.39, 0.29) is 18.0 Å². The van der Waals surface area contributed by atoms with Crippen molar-refractivity contribution in [2.24, 2.45) is 11.1 Å². The van der Waals surface area contributed by atoms with E-state index in [0.717, 1.165) is 12.1 Å². The Morgan fingerprint density at radius 3 is 2.68 bits per heavy atom. The predicted molar refractivity (Wildman–Crippen MR) is 76.4 cm³/mol. The van der Waals surface area contributed by atoms with Crippen LogP contribution >= 0.6 is 0 Å². The molecule has 0 bridgehead atoms. The van der Waals surface area contributed by atoms with Crippen LogP contribution < -0.4 is 4.90 Å². The van der Waals surface area contributed by atoms with E-state index in [1.807, 2.05) is 0 Å². The Hall–Kier alpha value is -2.91. The summed E-state index contributed by atoms with van der Waals surface area (Å²) in [5.41, 5.74) is -1.64. The van der Waals surface area contributed by atoms with Crippen molar-refractivity contribution < 1.29 is 37.1 Å². The van der Waals surface area contributed by atoms with E-state index in [9.17, 15) is 27.6 Å². The van der Waals surface area contributed by atoms with Crippen LogP contribution in [-0.4, -0.2) is 36.2 Å². The van der Waals surface area contributed by atoms with Crippen LogP contribution in [0.25, 0.3) is 0 Å². The number of carbonyl (C=O) groups is 3. The number of rotatable bonds is 3. The summed E-state index contributed by atoms with van der Waals surface area (Å²) in [6.07, 6.45) is -6.02. The molecular weight excluding hydrogens is 345 g/mol. The van der Waals surface area contributed by atoms with Gasteiger partial charge in [0.25, 0.3) is 5.91 Å². The van der Waals surface area contributed by atoms with Crippen LogP contribution in [0.3, 0.4) is 0 Å². The molecule has 1 saturated heterocycles. The van der Waals surface area contributed by atoms with Crippen LogP contribution in [0, 0.1) is 5.92 Å². The average molecular weight is 356 g/mol. The molecule has 10 heteroatoms. The number of benzene rings is 1. The molecule has 7 nitrogen and oxygen atoms in total.